The maximum atomic E-state index is 9.31. The number of hydrogen-bond donors (Lipinski definition) is 1. The molecule has 6 heteroatoms. The summed E-state index contributed by atoms with van der Waals surface area (Å²) in [6, 6.07) is 11.6. The monoisotopic (exact) mass is 306 g/mol. The molecule has 0 saturated carbocycles. The lowest BCUT2D eigenvalue weighted by molar-refractivity contribution is 0.347. The number of hydrogen-bond acceptors (Lipinski definition) is 5. The van der Waals surface area contributed by atoms with Crippen LogP contribution in [0.2, 0.25) is 0 Å². The van der Waals surface area contributed by atoms with E-state index in [1.54, 1.807) is 6.07 Å². The standard InChI is InChI=1S/C17H18N6/c1-17(2,3)23-11-13(21-22-23)10-19-16-8-12(9-18)14-6-4-5-7-15(14)20-16/h4-8,11H,10H2,1-3H3,(H,19,20). The van der Waals surface area contributed by atoms with Crippen LogP contribution in [0.25, 0.3) is 10.9 Å². The van der Waals surface area contributed by atoms with E-state index >= 15 is 0 Å². The van der Waals surface area contributed by atoms with E-state index in [9.17, 15) is 5.26 Å². The van der Waals surface area contributed by atoms with Gasteiger partial charge in [0.15, 0.2) is 0 Å². The van der Waals surface area contributed by atoms with Gasteiger partial charge >= 0.3 is 0 Å². The number of pyridine rings is 1. The first-order valence-electron chi connectivity index (χ1n) is 7.43. The first-order chi connectivity index (χ1) is 11.0. The number of para-hydroxylation sites is 1. The maximum Gasteiger partial charge on any atom is 0.128 e. The van der Waals surface area contributed by atoms with Crippen molar-refractivity contribution in [2.75, 3.05) is 5.32 Å². The third kappa shape index (κ3) is 3.14. The third-order valence-corrected chi connectivity index (χ3v) is 3.52. The van der Waals surface area contributed by atoms with E-state index < -0.39 is 0 Å². The van der Waals surface area contributed by atoms with Gasteiger partial charge in [0.2, 0.25) is 0 Å². The highest BCUT2D eigenvalue weighted by molar-refractivity contribution is 5.86. The zero-order chi connectivity index (χ0) is 16.4. The molecule has 0 unspecified atom stereocenters. The van der Waals surface area contributed by atoms with Crippen LogP contribution in [0.5, 0.6) is 0 Å². The Bertz CT molecular complexity index is 882. The topological polar surface area (TPSA) is 79.4 Å². The molecule has 2 aromatic heterocycles. The second kappa shape index (κ2) is 5.69. The molecule has 0 saturated heterocycles. The van der Waals surface area contributed by atoms with Crippen molar-refractivity contribution in [2.24, 2.45) is 0 Å². The Balaban J connectivity index is 1.82. The Labute approximate surface area is 134 Å². The number of rotatable bonds is 3. The molecular formula is C17H18N6. The lowest BCUT2D eigenvalue weighted by atomic mass is 10.1. The summed E-state index contributed by atoms with van der Waals surface area (Å²) in [7, 11) is 0. The van der Waals surface area contributed by atoms with Gasteiger partial charge < -0.3 is 5.32 Å². The van der Waals surface area contributed by atoms with Gasteiger partial charge in [-0.15, -0.1) is 5.10 Å². The fraction of sp³-hybridized carbons (Fsp3) is 0.294. The van der Waals surface area contributed by atoms with Crippen molar-refractivity contribution in [3.63, 3.8) is 0 Å². The largest absolute Gasteiger partial charge is 0.364 e. The molecule has 1 aromatic carbocycles. The quantitative estimate of drug-likeness (QED) is 0.804. The van der Waals surface area contributed by atoms with Gasteiger partial charge in [-0.1, -0.05) is 23.4 Å². The van der Waals surface area contributed by atoms with Crippen molar-refractivity contribution in [1.29, 1.82) is 5.26 Å². The maximum absolute atomic E-state index is 9.31. The molecule has 0 radical (unpaired) electrons. The Kier molecular flexibility index (Phi) is 3.70. The van der Waals surface area contributed by atoms with Gasteiger partial charge in [0.1, 0.15) is 11.5 Å². The molecule has 1 N–H and O–H groups in total. The smallest absolute Gasteiger partial charge is 0.128 e. The van der Waals surface area contributed by atoms with Crippen molar-refractivity contribution in [2.45, 2.75) is 32.9 Å². The van der Waals surface area contributed by atoms with Crippen LogP contribution in [0.15, 0.2) is 36.5 Å². The van der Waals surface area contributed by atoms with E-state index in [2.05, 4.69) is 47.5 Å². The molecule has 3 rings (SSSR count). The molecule has 0 fully saturated rings. The summed E-state index contributed by atoms with van der Waals surface area (Å²) in [5, 5.41) is 21.7. The molecule has 0 amide bonds. The zero-order valence-electron chi connectivity index (χ0n) is 13.4. The second-order valence-electron chi connectivity index (χ2n) is 6.36. The molecule has 2 heterocycles. The Morgan fingerprint density at radius 3 is 2.74 bits per heavy atom. The molecule has 116 valence electrons. The Hall–Kier alpha value is -2.94. The average molecular weight is 306 g/mol. The summed E-state index contributed by atoms with van der Waals surface area (Å²) in [5.74, 6) is 0.658. The SMILES string of the molecule is CC(C)(C)n1cc(CNc2cc(C#N)c3ccccc3n2)nn1. The average Bonchev–Trinajstić information content (AvgIpc) is 3.01. The number of anilines is 1. The van der Waals surface area contributed by atoms with Gasteiger partial charge in [-0.05, 0) is 32.9 Å². The van der Waals surface area contributed by atoms with Gasteiger partial charge in [-0.3, -0.25) is 0 Å². The Morgan fingerprint density at radius 1 is 1.26 bits per heavy atom. The molecule has 0 atom stereocenters. The number of fused-ring (bicyclic) bond motifs is 1. The van der Waals surface area contributed by atoms with Crippen LogP contribution in [-0.4, -0.2) is 20.0 Å². The highest BCUT2D eigenvalue weighted by atomic mass is 15.4. The van der Waals surface area contributed by atoms with Crippen LogP contribution in [-0.2, 0) is 12.1 Å². The van der Waals surface area contributed by atoms with E-state index in [0.29, 0.717) is 17.9 Å². The van der Waals surface area contributed by atoms with E-state index in [4.69, 9.17) is 0 Å². The van der Waals surface area contributed by atoms with Crippen LogP contribution in [0.1, 0.15) is 32.0 Å². The summed E-state index contributed by atoms with van der Waals surface area (Å²) in [6.45, 7) is 6.72. The van der Waals surface area contributed by atoms with Crippen molar-refractivity contribution in [1.82, 2.24) is 20.0 Å². The zero-order valence-corrected chi connectivity index (χ0v) is 13.4. The van der Waals surface area contributed by atoms with Crippen LogP contribution in [0, 0.1) is 11.3 Å². The predicted octanol–water partition coefficient (Wildman–Crippen LogP) is 3.07. The van der Waals surface area contributed by atoms with Crippen LogP contribution >= 0.6 is 0 Å². The number of nitrogens with one attached hydrogen (secondary N) is 1. The minimum absolute atomic E-state index is 0.0968. The summed E-state index contributed by atoms with van der Waals surface area (Å²) >= 11 is 0. The molecule has 6 nitrogen and oxygen atoms in total. The minimum atomic E-state index is -0.0968. The van der Waals surface area contributed by atoms with Gasteiger partial charge in [-0.2, -0.15) is 5.26 Å². The summed E-state index contributed by atoms with van der Waals surface area (Å²) in [5.41, 5.74) is 2.14. The highest BCUT2D eigenvalue weighted by Gasteiger charge is 2.15. The van der Waals surface area contributed by atoms with Crippen LogP contribution in [0.3, 0.4) is 0 Å². The lowest BCUT2D eigenvalue weighted by Crippen LogP contribution is -2.22. The van der Waals surface area contributed by atoms with E-state index in [1.165, 1.54) is 0 Å². The van der Waals surface area contributed by atoms with Crippen molar-refractivity contribution in [3.8, 4) is 6.07 Å². The fourth-order valence-corrected chi connectivity index (χ4v) is 2.25. The van der Waals surface area contributed by atoms with Gasteiger partial charge in [0, 0.05) is 5.39 Å². The molecule has 3 aromatic rings. The molecule has 0 aliphatic rings. The van der Waals surface area contributed by atoms with Crippen LogP contribution in [0.4, 0.5) is 5.82 Å². The summed E-state index contributed by atoms with van der Waals surface area (Å²) in [4.78, 5) is 4.54. The first-order valence-corrected chi connectivity index (χ1v) is 7.43. The van der Waals surface area contributed by atoms with Crippen molar-refractivity contribution in [3.05, 3.63) is 47.8 Å². The number of benzene rings is 1. The second-order valence-corrected chi connectivity index (χ2v) is 6.36. The Morgan fingerprint density at radius 2 is 2.04 bits per heavy atom. The molecule has 0 bridgehead atoms. The molecular weight excluding hydrogens is 288 g/mol. The van der Waals surface area contributed by atoms with Gasteiger partial charge in [-0.25, -0.2) is 9.67 Å². The summed E-state index contributed by atoms with van der Waals surface area (Å²) in [6.07, 6.45) is 1.92. The molecule has 0 aliphatic heterocycles. The van der Waals surface area contributed by atoms with E-state index in [-0.39, 0.29) is 5.54 Å². The predicted molar refractivity (Wildman–Crippen MR) is 88.8 cm³/mol. The van der Waals surface area contributed by atoms with Crippen molar-refractivity contribution >= 4 is 16.7 Å². The van der Waals surface area contributed by atoms with Crippen LogP contribution < -0.4 is 5.32 Å². The molecule has 0 aliphatic carbocycles. The van der Waals surface area contributed by atoms with E-state index in [1.807, 2.05) is 35.1 Å². The fourth-order valence-electron chi connectivity index (χ4n) is 2.25. The minimum Gasteiger partial charge on any atom is -0.364 e. The van der Waals surface area contributed by atoms with Gasteiger partial charge in [0.25, 0.3) is 0 Å². The van der Waals surface area contributed by atoms with Crippen molar-refractivity contribution < 1.29 is 0 Å². The normalized spacial score (nSPS) is 11.4. The number of nitrogens with zero attached hydrogens (tertiary/aromatic N) is 5. The van der Waals surface area contributed by atoms with E-state index in [0.717, 1.165) is 16.6 Å². The van der Waals surface area contributed by atoms with Gasteiger partial charge in [0.05, 0.1) is 35.4 Å². The number of aromatic nitrogens is 4. The first kappa shape index (κ1) is 15.0. The summed E-state index contributed by atoms with van der Waals surface area (Å²) < 4.78 is 1.83. The lowest BCUT2D eigenvalue weighted by Gasteiger charge is -2.17. The molecule has 23 heavy (non-hydrogen) atoms. The number of nitriles is 1. The highest BCUT2D eigenvalue weighted by Crippen LogP contribution is 2.20. The molecule has 0 spiro atoms. The third-order valence-electron chi connectivity index (χ3n) is 3.52.